The number of hydrogen-bond acceptors (Lipinski definition) is 8. The van der Waals surface area contributed by atoms with E-state index in [1.807, 2.05) is 32.0 Å². The zero-order valence-electron chi connectivity index (χ0n) is 23.6. The minimum absolute atomic E-state index is 0. The van der Waals surface area contributed by atoms with Crippen molar-refractivity contribution in [3.05, 3.63) is 57.8 Å². The quantitative estimate of drug-likeness (QED) is 0.208. The molecule has 0 atom stereocenters. The minimum atomic E-state index is -4.19. The summed E-state index contributed by atoms with van der Waals surface area (Å²) in [6.07, 6.45) is 0.952. The van der Waals surface area contributed by atoms with Crippen LogP contribution in [0.3, 0.4) is 0 Å². The minimum Gasteiger partial charge on any atom is -0.748 e. The second-order valence-electron chi connectivity index (χ2n) is 10.5. The predicted molar refractivity (Wildman–Crippen MR) is 157 cm³/mol. The van der Waals surface area contributed by atoms with Crippen LogP contribution in [-0.4, -0.2) is 58.1 Å². The van der Waals surface area contributed by atoms with Crippen LogP contribution >= 0.6 is 23.2 Å². The first kappa shape index (κ1) is 32.7. The number of halogens is 2. The molecule has 208 valence electrons. The molecule has 9 nitrogen and oxygen atoms in total. The van der Waals surface area contributed by atoms with Gasteiger partial charge < -0.3 is 9.45 Å². The first-order valence-corrected chi connectivity index (χ1v) is 15.0. The molecule has 0 N–H and O–H groups in total. The van der Waals surface area contributed by atoms with E-state index >= 15 is 0 Å². The Hall–Kier alpha value is -1.79. The van der Waals surface area contributed by atoms with Gasteiger partial charge >= 0.3 is 29.6 Å². The predicted octanol–water partition coefficient (Wildman–Crippen LogP) is 3.10. The molecule has 0 bridgehead atoms. The van der Waals surface area contributed by atoms with Crippen molar-refractivity contribution >= 4 is 56.1 Å². The molecule has 3 aromatic rings. The Kier molecular flexibility index (Phi) is 10.7. The average Bonchev–Trinajstić information content (AvgIpc) is 3.41. The molecule has 2 heterocycles. The first-order valence-electron chi connectivity index (χ1n) is 12.7. The number of rotatable bonds is 9. The summed E-state index contributed by atoms with van der Waals surface area (Å²) in [6.45, 7) is 11.6. The van der Waals surface area contributed by atoms with Gasteiger partial charge in [0.25, 0.3) is 0 Å². The third-order valence-electron chi connectivity index (χ3n) is 6.34. The van der Waals surface area contributed by atoms with E-state index in [2.05, 4.69) is 36.8 Å². The van der Waals surface area contributed by atoms with E-state index in [-0.39, 0.29) is 40.7 Å². The van der Waals surface area contributed by atoms with E-state index in [9.17, 15) is 13.0 Å². The molecule has 2 aromatic carbocycles. The molecule has 0 amide bonds. The van der Waals surface area contributed by atoms with Gasteiger partial charge in [-0.05, 0) is 68.7 Å². The molecule has 0 unspecified atom stereocenters. The van der Waals surface area contributed by atoms with Crippen LogP contribution < -0.4 is 34.5 Å². The van der Waals surface area contributed by atoms with Crippen LogP contribution in [0.1, 0.15) is 51.9 Å². The Bertz CT molecular complexity index is 1560. The van der Waals surface area contributed by atoms with Crippen molar-refractivity contribution in [1.82, 2.24) is 14.9 Å². The van der Waals surface area contributed by atoms with Crippen molar-refractivity contribution in [1.29, 1.82) is 0 Å². The number of fused-ring (bicyclic) bond motifs is 1. The Balaban J connectivity index is 0.00000441. The molecule has 0 fully saturated rings. The van der Waals surface area contributed by atoms with Crippen LogP contribution in [0.4, 0.5) is 11.4 Å². The molecular weight excluding hydrogens is 582 g/mol. The molecule has 4 rings (SSSR count). The fraction of sp³-hybridized carbons (Fsp3) is 0.407. The maximum atomic E-state index is 10.9. The van der Waals surface area contributed by atoms with Crippen LogP contribution in [0.25, 0.3) is 11.4 Å². The van der Waals surface area contributed by atoms with Crippen LogP contribution in [0, 0.1) is 12.3 Å². The van der Waals surface area contributed by atoms with Crippen molar-refractivity contribution < 1.29 is 42.5 Å². The zero-order valence-corrected chi connectivity index (χ0v) is 27.9. The SMILES string of the molecule is CCN(CCCCS(=O)(=O)[O-])c1ccc(N=C2C(C(C)(C)C)=Nn3nc(-c4ccc(Cl)c(Cl)c4)nc32)c(C)c1.[Na+]. The number of anilines is 1. The van der Waals surface area contributed by atoms with E-state index in [1.54, 1.807) is 12.1 Å². The third-order valence-corrected chi connectivity index (χ3v) is 7.87. The Morgan fingerprint density at radius 2 is 1.80 bits per heavy atom. The van der Waals surface area contributed by atoms with E-state index in [0.29, 0.717) is 46.8 Å². The van der Waals surface area contributed by atoms with Gasteiger partial charge in [-0.25, -0.2) is 18.4 Å². The van der Waals surface area contributed by atoms with Gasteiger partial charge in [0.2, 0.25) is 5.82 Å². The molecule has 1 aliphatic heterocycles. The second-order valence-corrected chi connectivity index (χ2v) is 12.8. The molecule has 40 heavy (non-hydrogen) atoms. The molecule has 0 saturated carbocycles. The molecule has 0 radical (unpaired) electrons. The molecular formula is C27H31Cl2N6NaO3S. The Labute approximate surface area is 267 Å². The summed E-state index contributed by atoms with van der Waals surface area (Å²) in [6, 6.07) is 11.3. The van der Waals surface area contributed by atoms with Crippen molar-refractivity contribution in [2.75, 3.05) is 23.7 Å². The van der Waals surface area contributed by atoms with Gasteiger partial charge in [0.05, 0.1) is 31.6 Å². The molecule has 0 saturated heterocycles. The Morgan fingerprint density at radius 3 is 2.40 bits per heavy atom. The van der Waals surface area contributed by atoms with Crippen molar-refractivity contribution in [2.45, 2.75) is 47.5 Å². The summed E-state index contributed by atoms with van der Waals surface area (Å²) in [5.74, 6) is 0.686. The summed E-state index contributed by atoms with van der Waals surface area (Å²) in [4.78, 5) is 13.4. The van der Waals surface area contributed by atoms with E-state index in [4.69, 9.17) is 38.3 Å². The number of hydrogen-bond donors (Lipinski definition) is 0. The number of aryl methyl sites for hydroxylation is 1. The molecule has 1 aromatic heterocycles. The number of aromatic nitrogens is 3. The number of nitrogens with zero attached hydrogens (tertiary/aromatic N) is 6. The largest absolute Gasteiger partial charge is 1.00 e. The zero-order chi connectivity index (χ0) is 28.5. The monoisotopic (exact) mass is 612 g/mol. The van der Waals surface area contributed by atoms with Crippen LogP contribution in [0.15, 0.2) is 46.5 Å². The number of benzene rings is 2. The standard InChI is InChI=1S/C27H32Cl2N6O3S.Na/c1-6-34(13-7-8-14-39(36,37)38)19-10-12-22(17(2)15-19)30-23-24(27(3,4)5)32-35-26(23)31-25(33-35)18-9-11-20(28)21(29)16-18;/h9-12,15-16H,6-8,13-14H2,1-5H3,(H,36,37,38);/q;+1/p-1. The smallest absolute Gasteiger partial charge is 0.748 e. The first-order chi connectivity index (χ1) is 18.3. The van der Waals surface area contributed by atoms with Crippen molar-refractivity contribution in [3.8, 4) is 11.4 Å². The van der Waals surface area contributed by atoms with Gasteiger partial charge in [-0.2, -0.15) is 5.10 Å². The maximum Gasteiger partial charge on any atom is 1.00 e. The van der Waals surface area contributed by atoms with E-state index in [0.717, 1.165) is 34.8 Å². The topological polar surface area (TPSA) is 116 Å². The van der Waals surface area contributed by atoms with Crippen LogP contribution in [0.2, 0.25) is 10.0 Å². The van der Waals surface area contributed by atoms with Gasteiger partial charge in [-0.15, -0.1) is 9.89 Å². The summed E-state index contributed by atoms with van der Waals surface area (Å²) in [5, 5.41) is 10.2. The molecule has 0 spiro atoms. The van der Waals surface area contributed by atoms with Crippen LogP contribution in [-0.2, 0) is 10.1 Å². The number of unbranched alkanes of at least 4 members (excludes halogenated alkanes) is 1. The Morgan fingerprint density at radius 1 is 1.07 bits per heavy atom. The summed E-state index contributed by atoms with van der Waals surface area (Å²) in [7, 11) is -4.19. The molecule has 1 aliphatic rings. The van der Waals surface area contributed by atoms with E-state index in [1.165, 1.54) is 4.79 Å². The van der Waals surface area contributed by atoms with Gasteiger partial charge in [-0.3, -0.25) is 0 Å². The summed E-state index contributed by atoms with van der Waals surface area (Å²) < 4.78 is 32.7. The maximum absolute atomic E-state index is 10.9. The third kappa shape index (κ3) is 7.73. The average molecular weight is 614 g/mol. The number of aliphatic imine (C=N–C) groups is 1. The fourth-order valence-electron chi connectivity index (χ4n) is 4.27. The summed E-state index contributed by atoms with van der Waals surface area (Å²) in [5.41, 5.74) is 4.63. The van der Waals surface area contributed by atoms with Crippen molar-refractivity contribution in [3.63, 3.8) is 0 Å². The van der Waals surface area contributed by atoms with Gasteiger partial charge in [-0.1, -0.05) is 44.0 Å². The second kappa shape index (κ2) is 13.0. The van der Waals surface area contributed by atoms with Crippen LogP contribution in [0.5, 0.6) is 0 Å². The van der Waals surface area contributed by atoms with Gasteiger partial charge in [0, 0.05) is 35.5 Å². The summed E-state index contributed by atoms with van der Waals surface area (Å²) >= 11 is 12.3. The van der Waals surface area contributed by atoms with Gasteiger partial charge in [0.15, 0.2) is 5.82 Å². The van der Waals surface area contributed by atoms with Gasteiger partial charge in [0.1, 0.15) is 5.71 Å². The molecule has 0 aliphatic carbocycles. The normalized spacial score (nSPS) is 14.2. The van der Waals surface area contributed by atoms with E-state index < -0.39 is 10.1 Å². The fourth-order valence-corrected chi connectivity index (χ4v) is 5.12. The van der Waals surface area contributed by atoms with Crippen molar-refractivity contribution in [2.24, 2.45) is 15.5 Å². The molecule has 13 heteroatoms.